The summed E-state index contributed by atoms with van der Waals surface area (Å²) < 4.78 is 21.1. The molecule has 0 radical (unpaired) electrons. The highest BCUT2D eigenvalue weighted by Gasteiger charge is 2.26. The van der Waals surface area contributed by atoms with Gasteiger partial charge in [0.05, 0.1) is 0 Å². The van der Waals surface area contributed by atoms with Gasteiger partial charge in [-0.2, -0.15) is 0 Å². The number of methoxy groups -OCH3 is 1. The minimum Gasteiger partial charge on any atom is -0.385 e. The summed E-state index contributed by atoms with van der Waals surface area (Å²) in [4.78, 5) is 10.8. The van der Waals surface area contributed by atoms with Gasteiger partial charge >= 0.3 is 0 Å². The third-order valence-electron chi connectivity index (χ3n) is 4.95. The molecule has 3 rings (SSSR count). The van der Waals surface area contributed by atoms with E-state index in [4.69, 9.17) is 4.74 Å². The summed E-state index contributed by atoms with van der Waals surface area (Å²) in [5.41, 5.74) is 0. The zero-order valence-electron chi connectivity index (χ0n) is 17.2. The summed E-state index contributed by atoms with van der Waals surface area (Å²) in [7, 11) is 3.61. The van der Waals surface area contributed by atoms with Gasteiger partial charge in [0, 0.05) is 52.6 Å². The third-order valence-corrected chi connectivity index (χ3v) is 4.95. The second-order valence-electron chi connectivity index (χ2n) is 7.05. The van der Waals surface area contributed by atoms with E-state index in [0.717, 1.165) is 37.6 Å². The number of halogens is 1. The van der Waals surface area contributed by atoms with E-state index < -0.39 is 0 Å². The number of guanidine groups is 1. The number of aliphatic imine (C=N–C) groups is 1. The molecule has 0 bridgehead atoms. The zero-order chi connectivity index (χ0) is 20.6. The first kappa shape index (κ1) is 21.0. The van der Waals surface area contributed by atoms with Crippen molar-refractivity contribution in [1.82, 2.24) is 30.4 Å². The van der Waals surface area contributed by atoms with Crippen molar-refractivity contribution in [3.05, 3.63) is 35.8 Å². The second-order valence-corrected chi connectivity index (χ2v) is 7.05. The molecule has 1 atom stereocenters. The predicted molar refractivity (Wildman–Crippen MR) is 109 cm³/mol. The topological polar surface area (TPSA) is 92.5 Å². The fourth-order valence-electron chi connectivity index (χ4n) is 3.19. The lowest BCUT2D eigenvalue weighted by molar-refractivity contribution is 0.195. The van der Waals surface area contributed by atoms with Crippen LogP contribution in [0.3, 0.4) is 0 Å². The summed E-state index contributed by atoms with van der Waals surface area (Å²) in [6.45, 7) is 5.15. The molecule has 1 saturated heterocycles. The number of nitrogens with zero attached hydrogens (tertiary/aromatic N) is 6. The second kappa shape index (κ2) is 10.1. The first-order valence-corrected chi connectivity index (χ1v) is 9.82. The van der Waals surface area contributed by atoms with Gasteiger partial charge in [-0.3, -0.25) is 0 Å². The number of hydrogen-bond donors (Lipinski definition) is 2. The Labute approximate surface area is 170 Å². The van der Waals surface area contributed by atoms with Crippen molar-refractivity contribution < 1.29 is 9.13 Å². The van der Waals surface area contributed by atoms with Gasteiger partial charge in [-0.05, 0) is 31.9 Å². The molecule has 0 aromatic carbocycles. The van der Waals surface area contributed by atoms with Crippen LogP contribution in [0.1, 0.15) is 24.5 Å². The monoisotopic (exact) mass is 404 g/mol. The Morgan fingerprint density at radius 2 is 2.28 bits per heavy atom. The van der Waals surface area contributed by atoms with Crippen molar-refractivity contribution in [3.8, 4) is 0 Å². The Kier molecular flexibility index (Phi) is 7.34. The quantitative estimate of drug-likeness (QED) is 0.385. The molecule has 10 heteroatoms. The van der Waals surface area contributed by atoms with Crippen molar-refractivity contribution in [3.63, 3.8) is 0 Å². The minimum atomic E-state index is -0.294. The van der Waals surface area contributed by atoms with Crippen LogP contribution in [0.15, 0.2) is 23.3 Å². The molecule has 2 aromatic heterocycles. The third kappa shape index (κ3) is 5.63. The van der Waals surface area contributed by atoms with Gasteiger partial charge in [-0.25, -0.2) is 14.4 Å². The Morgan fingerprint density at radius 1 is 1.41 bits per heavy atom. The van der Waals surface area contributed by atoms with E-state index in [1.165, 1.54) is 6.07 Å². The number of ether oxygens (including phenoxy) is 1. The number of pyridine rings is 1. The fraction of sp³-hybridized carbons (Fsp3) is 0.579. The first-order chi connectivity index (χ1) is 14.1. The molecule has 158 valence electrons. The molecule has 2 aromatic rings. The molecule has 0 spiro atoms. The fourth-order valence-corrected chi connectivity index (χ4v) is 3.19. The average Bonchev–Trinajstić information content (AvgIpc) is 3.31. The lowest BCUT2D eigenvalue weighted by Gasteiger charge is -2.20. The van der Waals surface area contributed by atoms with Crippen molar-refractivity contribution >= 4 is 11.8 Å². The molecule has 9 nitrogen and oxygen atoms in total. The van der Waals surface area contributed by atoms with E-state index in [-0.39, 0.29) is 11.9 Å². The molecule has 3 heterocycles. The molecule has 29 heavy (non-hydrogen) atoms. The van der Waals surface area contributed by atoms with Crippen molar-refractivity contribution in [2.24, 2.45) is 12.0 Å². The molecule has 2 N–H and O–H groups in total. The van der Waals surface area contributed by atoms with Gasteiger partial charge in [0.2, 0.25) is 0 Å². The summed E-state index contributed by atoms with van der Waals surface area (Å²) in [6.07, 6.45) is 3.36. The standard InChI is InChI=1S/C19H29FN8O/c1-14-25-26-17(27(14)2)12-23-19(22-9-5-11-29-3)24-15-7-10-28(13-15)18-16(20)6-4-8-21-18/h4,6,8,15H,5,7,9-13H2,1-3H3,(H2,22,23,24). The van der Waals surface area contributed by atoms with E-state index in [9.17, 15) is 4.39 Å². The molecule has 1 aliphatic heterocycles. The van der Waals surface area contributed by atoms with Crippen molar-refractivity contribution in [1.29, 1.82) is 0 Å². The number of aryl methyl sites for hydroxylation is 1. The number of anilines is 1. The molecule has 1 aliphatic rings. The number of nitrogens with one attached hydrogen (secondary N) is 2. The minimum absolute atomic E-state index is 0.145. The maximum absolute atomic E-state index is 14.0. The average molecular weight is 404 g/mol. The Morgan fingerprint density at radius 3 is 3.00 bits per heavy atom. The normalized spacial score (nSPS) is 17.0. The molecular formula is C19H29FN8O. The van der Waals surface area contributed by atoms with Gasteiger partial charge in [-0.15, -0.1) is 10.2 Å². The SMILES string of the molecule is COCCCNC(=NCc1nnc(C)n1C)NC1CCN(c2ncccc2F)C1. The maximum Gasteiger partial charge on any atom is 0.191 e. The van der Waals surface area contributed by atoms with Crippen molar-refractivity contribution in [2.75, 3.05) is 38.3 Å². The van der Waals surface area contributed by atoms with E-state index in [1.54, 1.807) is 19.4 Å². The van der Waals surface area contributed by atoms with Crippen LogP contribution in [0.2, 0.25) is 0 Å². The van der Waals surface area contributed by atoms with Crippen LogP contribution in [0.25, 0.3) is 0 Å². The Hall–Kier alpha value is -2.75. The first-order valence-electron chi connectivity index (χ1n) is 9.82. The van der Waals surface area contributed by atoms with Crippen LogP contribution in [0, 0.1) is 12.7 Å². The van der Waals surface area contributed by atoms with E-state index >= 15 is 0 Å². The summed E-state index contributed by atoms with van der Waals surface area (Å²) in [5, 5.41) is 15.0. The van der Waals surface area contributed by atoms with Crippen LogP contribution < -0.4 is 15.5 Å². The molecule has 0 saturated carbocycles. The van der Waals surface area contributed by atoms with Gasteiger partial charge < -0.3 is 24.8 Å². The van der Waals surface area contributed by atoms with Crippen molar-refractivity contribution in [2.45, 2.75) is 32.4 Å². The number of rotatable bonds is 8. The smallest absolute Gasteiger partial charge is 0.191 e. The molecule has 1 unspecified atom stereocenters. The number of aromatic nitrogens is 4. The number of hydrogen-bond acceptors (Lipinski definition) is 6. The molecular weight excluding hydrogens is 375 g/mol. The largest absolute Gasteiger partial charge is 0.385 e. The Balaban J connectivity index is 1.62. The van der Waals surface area contributed by atoms with Gasteiger partial charge in [-0.1, -0.05) is 0 Å². The molecule has 0 aliphatic carbocycles. The van der Waals surface area contributed by atoms with Crippen LogP contribution in [-0.4, -0.2) is 65.1 Å². The van der Waals surface area contributed by atoms with Gasteiger partial charge in [0.1, 0.15) is 12.4 Å². The summed E-state index contributed by atoms with van der Waals surface area (Å²) in [5.74, 6) is 2.45. The van der Waals surface area contributed by atoms with Gasteiger partial charge in [0.15, 0.2) is 23.4 Å². The maximum atomic E-state index is 14.0. The van der Waals surface area contributed by atoms with Crippen LogP contribution in [0.5, 0.6) is 0 Å². The van der Waals surface area contributed by atoms with Gasteiger partial charge in [0.25, 0.3) is 0 Å². The van der Waals surface area contributed by atoms with Crippen LogP contribution in [-0.2, 0) is 18.3 Å². The highest BCUT2D eigenvalue weighted by Crippen LogP contribution is 2.20. The van der Waals surface area contributed by atoms with Crippen LogP contribution in [0.4, 0.5) is 10.2 Å². The molecule has 1 fully saturated rings. The zero-order valence-corrected chi connectivity index (χ0v) is 17.2. The lowest BCUT2D eigenvalue weighted by Crippen LogP contribution is -2.45. The van der Waals surface area contributed by atoms with E-state index in [2.05, 4.69) is 30.8 Å². The van der Waals surface area contributed by atoms with Crippen LogP contribution >= 0.6 is 0 Å². The molecule has 0 amide bonds. The predicted octanol–water partition coefficient (Wildman–Crippen LogP) is 1.01. The highest BCUT2D eigenvalue weighted by atomic mass is 19.1. The van der Waals surface area contributed by atoms with E-state index in [1.807, 2.05) is 23.4 Å². The highest BCUT2D eigenvalue weighted by molar-refractivity contribution is 5.80. The Bertz CT molecular complexity index is 824. The summed E-state index contributed by atoms with van der Waals surface area (Å²) >= 11 is 0. The summed E-state index contributed by atoms with van der Waals surface area (Å²) in [6, 6.07) is 3.19. The van der Waals surface area contributed by atoms with E-state index in [0.29, 0.717) is 31.5 Å². The lowest BCUT2D eigenvalue weighted by atomic mass is 10.3.